The summed E-state index contributed by atoms with van der Waals surface area (Å²) in [6, 6.07) is 18.1. The second-order valence-corrected chi connectivity index (χ2v) is 5.59. The van der Waals surface area contributed by atoms with Crippen molar-refractivity contribution in [3.63, 3.8) is 0 Å². The van der Waals surface area contributed by atoms with Crippen LogP contribution >= 0.6 is 15.9 Å². The average Bonchev–Trinajstić information content (AvgIpc) is 2.53. The van der Waals surface area contributed by atoms with E-state index in [1.165, 1.54) is 5.01 Å². The molecule has 0 spiro atoms. The van der Waals surface area contributed by atoms with Crippen molar-refractivity contribution in [2.75, 3.05) is 20.2 Å². The Morgan fingerprint density at radius 1 is 1.10 bits per heavy atom. The molecule has 4 nitrogen and oxygen atoms in total. The fourth-order valence-corrected chi connectivity index (χ4v) is 2.26. The summed E-state index contributed by atoms with van der Waals surface area (Å²) in [6.07, 6.45) is -0.153. The number of ether oxygens (including phenoxy) is 1. The number of rotatable bonds is 7. The number of nitroso groups, excluding NO2 is 1. The molecule has 0 amide bonds. The van der Waals surface area contributed by atoms with E-state index in [1.807, 2.05) is 54.6 Å². The van der Waals surface area contributed by atoms with Crippen LogP contribution in [0.1, 0.15) is 17.2 Å². The second-order valence-electron chi connectivity index (χ2n) is 4.68. The van der Waals surface area contributed by atoms with Crippen LogP contribution in [-0.2, 0) is 4.74 Å². The Morgan fingerprint density at radius 3 is 2.33 bits per heavy atom. The summed E-state index contributed by atoms with van der Waals surface area (Å²) < 4.78 is 7.00. The minimum atomic E-state index is -0.153. The maximum atomic E-state index is 10.4. The first-order valence-electron chi connectivity index (χ1n) is 6.67. The smallest absolute Gasteiger partial charge is 0.108 e. The number of hydrogen-bond donors (Lipinski definition) is 0. The molecule has 0 N–H and O–H groups in total. The van der Waals surface area contributed by atoms with Crippen LogP contribution in [0.25, 0.3) is 0 Å². The first kappa shape index (κ1) is 15.7. The van der Waals surface area contributed by atoms with Gasteiger partial charge in [0.05, 0.1) is 18.4 Å². The van der Waals surface area contributed by atoms with Gasteiger partial charge in [0.1, 0.15) is 6.10 Å². The van der Waals surface area contributed by atoms with Crippen molar-refractivity contribution in [2.45, 2.75) is 6.10 Å². The molecule has 2 aromatic carbocycles. The molecule has 1 atom stereocenters. The van der Waals surface area contributed by atoms with Crippen LogP contribution in [0.2, 0.25) is 0 Å². The Morgan fingerprint density at radius 2 is 1.71 bits per heavy atom. The minimum absolute atomic E-state index is 0.153. The zero-order chi connectivity index (χ0) is 15.1. The molecule has 0 aromatic heterocycles. The zero-order valence-electron chi connectivity index (χ0n) is 11.8. The predicted octanol–water partition coefficient (Wildman–Crippen LogP) is 4.17. The third kappa shape index (κ3) is 4.65. The van der Waals surface area contributed by atoms with Crippen molar-refractivity contribution >= 4 is 15.9 Å². The van der Waals surface area contributed by atoms with E-state index < -0.39 is 0 Å². The highest BCUT2D eigenvalue weighted by Crippen LogP contribution is 2.27. The summed E-state index contributed by atoms with van der Waals surface area (Å²) in [5.41, 5.74) is 2.16. The van der Waals surface area contributed by atoms with E-state index in [4.69, 9.17) is 4.74 Å². The highest BCUT2D eigenvalue weighted by molar-refractivity contribution is 9.10. The van der Waals surface area contributed by atoms with Gasteiger partial charge in [0.2, 0.25) is 0 Å². The molecule has 0 radical (unpaired) electrons. The normalized spacial score (nSPS) is 11.9. The third-order valence-electron chi connectivity index (χ3n) is 3.11. The van der Waals surface area contributed by atoms with E-state index in [1.54, 1.807) is 7.05 Å². The summed E-state index contributed by atoms with van der Waals surface area (Å²) in [7, 11) is 1.63. The zero-order valence-corrected chi connectivity index (χ0v) is 13.4. The van der Waals surface area contributed by atoms with E-state index in [0.29, 0.717) is 13.2 Å². The maximum Gasteiger partial charge on any atom is 0.108 e. The monoisotopic (exact) mass is 348 g/mol. The molecular formula is C16H17BrN2O2. The van der Waals surface area contributed by atoms with Gasteiger partial charge < -0.3 is 4.74 Å². The Bertz CT molecular complexity index is 560. The van der Waals surface area contributed by atoms with Crippen molar-refractivity contribution in [2.24, 2.45) is 5.29 Å². The van der Waals surface area contributed by atoms with E-state index >= 15 is 0 Å². The average molecular weight is 349 g/mol. The van der Waals surface area contributed by atoms with Crippen molar-refractivity contribution in [3.05, 3.63) is 75.1 Å². The van der Waals surface area contributed by atoms with Gasteiger partial charge in [-0.3, -0.25) is 5.01 Å². The first-order valence-corrected chi connectivity index (χ1v) is 7.46. The summed E-state index contributed by atoms with van der Waals surface area (Å²) in [5.74, 6) is 0. The molecule has 21 heavy (non-hydrogen) atoms. The summed E-state index contributed by atoms with van der Waals surface area (Å²) in [6.45, 7) is 0.890. The molecule has 1 unspecified atom stereocenters. The Labute approximate surface area is 132 Å². The molecule has 0 saturated carbocycles. The fraction of sp³-hybridized carbons (Fsp3) is 0.250. The molecular weight excluding hydrogens is 332 g/mol. The molecule has 0 bridgehead atoms. The first-order chi connectivity index (χ1) is 10.2. The van der Waals surface area contributed by atoms with E-state index in [9.17, 15) is 4.91 Å². The van der Waals surface area contributed by atoms with Gasteiger partial charge in [-0.2, -0.15) is 0 Å². The molecule has 0 aliphatic heterocycles. The van der Waals surface area contributed by atoms with Crippen molar-refractivity contribution in [3.8, 4) is 0 Å². The predicted molar refractivity (Wildman–Crippen MR) is 86.8 cm³/mol. The molecule has 2 rings (SSSR count). The molecule has 0 aliphatic rings. The summed E-state index contributed by atoms with van der Waals surface area (Å²) >= 11 is 3.44. The molecule has 110 valence electrons. The molecule has 2 aromatic rings. The maximum absolute atomic E-state index is 10.4. The number of nitrogens with zero attached hydrogens (tertiary/aromatic N) is 2. The van der Waals surface area contributed by atoms with Gasteiger partial charge in [0.15, 0.2) is 0 Å². The van der Waals surface area contributed by atoms with Gasteiger partial charge in [-0.1, -0.05) is 58.4 Å². The van der Waals surface area contributed by atoms with E-state index in [-0.39, 0.29) is 6.10 Å². The standard InChI is InChI=1S/C16H17BrN2O2/c1-19(18-20)11-12-21-16(13-5-3-2-4-6-13)14-7-9-15(17)10-8-14/h2-10,16H,11-12H2,1H3. The molecule has 0 fully saturated rings. The quantitative estimate of drug-likeness (QED) is 0.557. The van der Waals surface area contributed by atoms with E-state index in [0.717, 1.165) is 15.6 Å². The fourth-order valence-electron chi connectivity index (χ4n) is 1.99. The molecule has 0 saturated heterocycles. The third-order valence-corrected chi connectivity index (χ3v) is 3.64. The van der Waals surface area contributed by atoms with Crippen LogP contribution in [0.4, 0.5) is 0 Å². The largest absolute Gasteiger partial charge is 0.367 e. The minimum Gasteiger partial charge on any atom is -0.367 e. The highest BCUT2D eigenvalue weighted by Gasteiger charge is 2.14. The van der Waals surface area contributed by atoms with Crippen molar-refractivity contribution in [1.29, 1.82) is 0 Å². The Kier molecular flexibility index (Phi) is 5.90. The highest BCUT2D eigenvalue weighted by atomic mass is 79.9. The lowest BCUT2D eigenvalue weighted by Crippen LogP contribution is -2.19. The van der Waals surface area contributed by atoms with Gasteiger partial charge >= 0.3 is 0 Å². The Hall–Kier alpha value is -1.72. The number of likely N-dealkylation sites (N-methyl/N-ethyl adjacent to an activating group) is 1. The van der Waals surface area contributed by atoms with Crippen LogP contribution < -0.4 is 0 Å². The van der Waals surface area contributed by atoms with Crippen molar-refractivity contribution < 1.29 is 4.74 Å². The van der Waals surface area contributed by atoms with E-state index in [2.05, 4.69) is 21.2 Å². The number of hydrogen-bond acceptors (Lipinski definition) is 3. The van der Waals surface area contributed by atoms with Crippen LogP contribution in [0.5, 0.6) is 0 Å². The van der Waals surface area contributed by atoms with Gasteiger partial charge in [-0.15, -0.1) is 4.91 Å². The van der Waals surface area contributed by atoms with Crippen LogP contribution in [-0.4, -0.2) is 25.2 Å². The Balaban J connectivity index is 2.15. The van der Waals surface area contributed by atoms with Crippen LogP contribution in [0.3, 0.4) is 0 Å². The molecule has 5 heteroatoms. The lowest BCUT2D eigenvalue weighted by Gasteiger charge is -2.20. The number of benzene rings is 2. The lowest BCUT2D eigenvalue weighted by atomic mass is 10.0. The SMILES string of the molecule is CN(CCOC(c1ccccc1)c1ccc(Br)cc1)N=O. The summed E-state index contributed by atoms with van der Waals surface area (Å²) in [5, 5.41) is 4.16. The van der Waals surface area contributed by atoms with Crippen molar-refractivity contribution in [1.82, 2.24) is 5.01 Å². The van der Waals surface area contributed by atoms with Gasteiger partial charge in [-0.05, 0) is 23.3 Å². The molecule has 0 heterocycles. The van der Waals surface area contributed by atoms with Gasteiger partial charge in [-0.25, -0.2) is 0 Å². The van der Waals surface area contributed by atoms with Crippen LogP contribution in [0.15, 0.2) is 64.4 Å². The second kappa shape index (κ2) is 7.90. The topological polar surface area (TPSA) is 41.9 Å². The van der Waals surface area contributed by atoms with Gasteiger partial charge in [0.25, 0.3) is 0 Å². The van der Waals surface area contributed by atoms with Gasteiger partial charge in [0, 0.05) is 11.5 Å². The summed E-state index contributed by atoms with van der Waals surface area (Å²) in [4.78, 5) is 10.4. The molecule has 0 aliphatic carbocycles. The number of halogens is 1. The lowest BCUT2D eigenvalue weighted by molar-refractivity contribution is 0.0649. The van der Waals surface area contributed by atoms with Crippen LogP contribution in [0, 0.1) is 4.91 Å².